The fourth-order valence-electron chi connectivity index (χ4n) is 1.25. The first kappa shape index (κ1) is 12.0. The zero-order valence-corrected chi connectivity index (χ0v) is 8.93. The normalized spacial score (nSPS) is 10.1. The summed E-state index contributed by atoms with van der Waals surface area (Å²) in [4.78, 5) is 14.2. The van der Waals surface area contributed by atoms with Gasteiger partial charge in [-0.05, 0) is 24.3 Å². The minimum absolute atomic E-state index is 0.151. The monoisotopic (exact) mass is 251 g/mol. The highest BCUT2D eigenvalue weighted by molar-refractivity contribution is 5.85. The molecule has 18 heavy (non-hydrogen) atoms. The first-order valence-corrected chi connectivity index (χ1v) is 4.88. The first-order chi connectivity index (χ1) is 8.56. The van der Waals surface area contributed by atoms with Gasteiger partial charge in [0.15, 0.2) is 11.6 Å². The highest BCUT2D eigenvalue weighted by Gasteiger charge is 2.08. The summed E-state index contributed by atoms with van der Waals surface area (Å²) in [6, 6.07) is 5.43. The second-order valence-electron chi connectivity index (χ2n) is 3.36. The van der Waals surface area contributed by atoms with Crippen molar-refractivity contribution in [1.29, 1.82) is 0 Å². The van der Waals surface area contributed by atoms with E-state index >= 15 is 0 Å². The Morgan fingerprint density at radius 2 is 2.00 bits per heavy atom. The van der Waals surface area contributed by atoms with Crippen molar-refractivity contribution < 1.29 is 23.4 Å². The highest BCUT2D eigenvalue weighted by atomic mass is 19.1. The second kappa shape index (κ2) is 4.79. The summed E-state index contributed by atoms with van der Waals surface area (Å²) >= 11 is 0. The van der Waals surface area contributed by atoms with Crippen LogP contribution in [-0.2, 0) is 0 Å². The largest absolute Gasteiger partial charge is 0.477 e. The van der Waals surface area contributed by atoms with Gasteiger partial charge in [-0.1, -0.05) is 0 Å². The molecule has 0 spiro atoms. The van der Waals surface area contributed by atoms with Crippen LogP contribution in [0.15, 0.2) is 36.5 Å². The lowest BCUT2D eigenvalue weighted by Crippen LogP contribution is -1.99. The molecule has 6 heteroatoms. The Labute approximate surface area is 100 Å². The summed E-state index contributed by atoms with van der Waals surface area (Å²) in [5.74, 6) is -2.74. The molecule has 0 saturated heterocycles. The van der Waals surface area contributed by atoms with Crippen molar-refractivity contribution in [3.63, 3.8) is 0 Å². The third-order valence-corrected chi connectivity index (χ3v) is 2.08. The maximum Gasteiger partial charge on any atom is 0.354 e. The molecule has 4 nitrogen and oxygen atoms in total. The van der Waals surface area contributed by atoms with Crippen LogP contribution in [0.5, 0.6) is 11.5 Å². The van der Waals surface area contributed by atoms with Crippen molar-refractivity contribution in [2.45, 2.75) is 0 Å². The van der Waals surface area contributed by atoms with E-state index < -0.39 is 17.6 Å². The number of halogens is 2. The molecule has 0 unspecified atom stereocenters. The SMILES string of the molecule is O=C(O)c1ccc(Oc2ccc(F)cc2F)cn1. The minimum atomic E-state index is -1.17. The molecular formula is C12H7F2NO3. The van der Waals surface area contributed by atoms with Gasteiger partial charge in [0.05, 0.1) is 6.20 Å². The lowest BCUT2D eigenvalue weighted by molar-refractivity contribution is 0.0690. The summed E-state index contributed by atoms with van der Waals surface area (Å²) in [6.45, 7) is 0. The number of hydrogen-bond acceptors (Lipinski definition) is 3. The molecule has 0 fully saturated rings. The van der Waals surface area contributed by atoms with Crippen LogP contribution in [0.2, 0.25) is 0 Å². The summed E-state index contributed by atoms with van der Waals surface area (Å²) < 4.78 is 31.0. The standard InChI is InChI=1S/C12H7F2NO3/c13-7-1-4-11(9(14)5-7)18-8-2-3-10(12(16)17)15-6-8/h1-6H,(H,16,17). The van der Waals surface area contributed by atoms with E-state index in [0.29, 0.717) is 6.07 Å². The van der Waals surface area contributed by atoms with Gasteiger partial charge < -0.3 is 9.84 Å². The molecule has 0 saturated carbocycles. The fraction of sp³-hybridized carbons (Fsp3) is 0. The molecule has 1 N–H and O–H groups in total. The van der Waals surface area contributed by atoms with Crippen molar-refractivity contribution >= 4 is 5.97 Å². The van der Waals surface area contributed by atoms with Crippen LogP contribution in [0.3, 0.4) is 0 Å². The summed E-state index contributed by atoms with van der Waals surface area (Å²) in [7, 11) is 0. The average Bonchev–Trinajstić information content (AvgIpc) is 2.33. The number of hydrogen-bond donors (Lipinski definition) is 1. The van der Waals surface area contributed by atoms with Gasteiger partial charge in [0.1, 0.15) is 17.3 Å². The Kier molecular flexibility index (Phi) is 3.18. The van der Waals surface area contributed by atoms with E-state index in [4.69, 9.17) is 9.84 Å². The van der Waals surface area contributed by atoms with E-state index in [-0.39, 0.29) is 17.2 Å². The molecule has 0 radical (unpaired) electrons. The average molecular weight is 251 g/mol. The van der Waals surface area contributed by atoms with Crippen LogP contribution in [-0.4, -0.2) is 16.1 Å². The lowest BCUT2D eigenvalue weighted by atomic mass is 10.3. The fourth-order valence-corrected chi connectivity index (χ4v) is 1.25. The number of benzene rings is 1. The topological polar surface area (TPSA) is 59.4 Å². The Bertz CT molecular complexity index is 584. The van der Waals surface area contributed by atoms with Gasteiger partial charge in [0, 0.05) is 6.07 Å². The second-order valence-corrected chi connectivity index (χ2v) is 3.36. The Morgan fingerprint density at radius 3 is 2.56 bits per heavy atom. The molecule has 1 aromatic heterocycles. The lowest BCUT2D eigenvalue weighted by Gasteiger charge is -2.06. The maximum atomic E-state index is 13.3. The van der Waals surface area contributed by atoms with Gasteiger partial charge in [0.2, 0.25) is 0 Å². The molecule has 92 valence electrons. The van der Waals surface area contributed by atoms with E-state index in [1.807, 2.05) is 0 Å². The summed E-state index contributed by atoms with van der Waals surface area (Å²) in [5.41, 5.74) is -0.151. The number of rotatable bonds is 3. The van der Waals surface area contributed by atoms with Crippen LogP contribution in [0.25, 0.3) is 0 Å². The molecule has 2 aromatic rings. The highest BCUT2D eigenvalue weighted by Crippen LogP contribution is 2.24. The molecule has 0 aliphatic rings. The molecule has 1 aromatic carbocycles. The van der Waals surface area contributed by atoms with Gasteiger partial charge in [0.25, 0.3) is 0 Å². The number of aromatic carboxylic acids is 1. The zero-order valence-electron chi connectivity index (χ0n) is 8.93. The first-order valence-electron chi connectivity index (χ1n) is 4.88. The molecule has 0 aliphatic heterocycles. The van der Waals surface area contributed by atoms with E-state index in [1.54, 1.807) is 0 Å². The van der Waals surface area contributed by atoms with Gasteiger partial charge >= 0.3 is 5.97 Å². The maximum absolute atomic E-state index is 13.3. The zero-order chi connectivity index (χ0) is 13.1. The number of carboxylic acids is 1. The van der Waals surface area contributed by atoms with Gasteiger partial charge in [-0.3, -0.25) is 0 Å². The van der Waals surface area contributed by atoms with E-state index in [0.717, 1.165) is 18.3 Å². The number of pyridine rings is 1. The summed E-state index contributed by atoms with van der Waals surface area (Å²) in [6.07, 6.45) is 1.15. The Hall–Kier alpha value is -2.50. The van der Waals surface area contributed by atoms with E-state index in [1.165, 1.54) is 12.1 Å². The number of ether oxygens (including phenoxy) is 1. The van der Waals surface area contributed by atoms with Gasteiger partial charge in [-0.2, -0.15) is 0 Å². The molecule has 1 heterocycles. The quantitative estimate of drug-likeness (QED) is 0.911. The predicted octanol–water partition coefficient (Wildman–Crippen LogP) is 2.85. The molecule has 0 amide bonds. The Balaban J connectivity index is 2.21. The van der Waals surface area contributed by atoms with Crippen LogP contribution >= 0.6 is 0 Å². The summed E-state index contributed by atoms with van der Waals surface area (Å²) in [5, 5.41) is 8.64. The molecule has 0 aliphatic carbocycles. The van der Waals surface area contributed by atoms with E-state index in [2.05, 4.69) is 4.98 Å². The molecule has 0 bridgehead atoms. The van der Waals surface area contributed by atoms with Crippen LogP contribution in [0.1, 0.15) is 10.5 Å². The molecule has 2 rings (SSSR count). The van der Waals surface area contributed by atoms with E-state index in [9.17, 15) is 13.6 Å². The van der Waals surface area contributed by atoms with Gasteiger partial charge in [-0.25, -0.2) is 18.6 Å². The third kappa shape index (κ3) is 2.60. The van der Waals surface area contributed by atoms with Crippen molar-refractivity contribution in [2.75, 3.05) is 0 Å². The Morgan fingerprint density at radius 1 is 1.22 bits per heavy atom. The number of carbonyl (C=O) groups is 1. The number of aromatic nitrogens is 1. The molecular weight excluding hydrogens is 244 g/mol. The predicted molar refractivity (Wildman–Crippen MR) is 57.6 cm³/mol. The molecule has 0 atom stereocenters. The number of nitrogens with zero attached hydrogens (tertiary/aromatic N) is 1. The van der Waals surface area contributed by atoms with Crippen LogP contribution in [0, 0.1) is 11.6 Å². The van der Waals surface area contributed by atoms with Crippen LogP contribution in [0.4, 0.5) is 8.78 Å². The van der Waals surface area contributed by atoms with Crippen molar-refractivity contribution in [3.05, 3.63) is 53.9 Å². The van der Waals surface area contributed by atoms with Crippen molar-refractivity contribution in [3.8, 4) is 11.5 Å². The minimum Gasteiger partial charge on any atom is -0.477 e. The smallest absolute Gasteiger partial charge is 0.354 e. The third-order valence-electron chi connectivity index (χ3n) is 2.08. The van der Waals surface area contributed by atoms with Crippen LogP contribution < -0.4 is 4.74 Å². The van der Waals surface area contributed by atoms with Crippen molar-refractivity contribution in [2.24, 2.45) is 0 Å². The number of carboxylic acid groups (broad SMARTS) is 1. The van der Waals surface area contributed by atoms with Crippen molar-refractivity contribution in [1.82, 2.24) is 4.98 Å². The van der Waals surface area contributed by atoms with Gasteiger partial charge in [-0.15, -0.1) is 0 Å².